The van der Waals surface area contributed by atoms with Crippen molar-refractivity contribution in [2.75, 3.05) is 33.1 Å². The Bertz CT molecular complexity index is 432. The lowest BCUT2D eigenvalue weighted by molar-refractivity contribution is 0.111. The van der Waals surface area contributed by atoms with E-state index >= 15 is 0 Å². The molecule has 0 radical (unpaired) electrons. The number of nitrogen functional groups attached to an aromatic ring is 1. The Morgan fingerprint density at radius 2 is 2.10 bits per heavy atom. The second-order valence-corrected chi connectivity index (χ2v) is 5.61. The maximum absolute atomic E-state index is 5.91. The molecule has 2 N–H and O–H groups in total. The summed E-state index contributed by atoms with van der Waals surface area (Å²) in [6, 6.07) is 6.42. The van der Waals surface area contributed by atoms with E-state index in [0.29, 0.717) is 6.04 Å². The molecule has 2 rings (SSSR count). The summed E-state index contributed by atoms with van der Waals surface area (Å²) in [6.45, 7) is 4.86. The van der Waals surface area contributed by atoms with Gasteiger partial charge in [0.25, 0.3) is 0 Å². The van der Waals surface area contributed by atoms with Crippen molar-refractivity contribution in [1.29, 1.82) is 0 Å². The summed E-state index contributed by atoms with van der Waals surface area (Å²) >= 11 is 0. The highest BCUT2D eigenvalue weighted by molar-refractivity contribution is 5.47. The lowest BCUT2D eigenvalue weighted by atomic mass is 10.1. The number of ether oxygens (including phenoxy) is 2. The van der Waals surface area contributed by atoms with Crippen LogP contribution in [0.3, 0.4) is 0 Å². The summed E-state index contributed by atoms with van der Waals surface area (Å²) < 4.78 is 10.7. The average Bonchev–Trinajstić information content (AvgIpc) is 3.27. The summed E-state index contributed by atoms with van der Waals surface area (Å²) in [6.07, 6.45) is 2.69. The van der Waals surface area contributed by atoms with Crippen LogP contribution < -0.4 is 10.5 Å². The van der Waals surface area contributed by atoms with Crippen molar-refractivity contribution >= 4 is 5.69 Å². The minimum atomic E-state index is 0.580. The Hall–Kier alpha value is -1.26. The van der Waals surface area contributed by atoms with Crippen LogP contribution in [-0.4, -0.2) is 38.3 Å². The fraction of sp³-hybridized carbons (Fsp3) is 0.625. The number of hydrogen-bond acceptors (Lipinski definition) is 4. The van der Waals surface area contributed by atoms with Gasteiger partial charge in [0, 0.05) is 37.5 Å². The molecule has 1 aromatic rings. The predicted molar refractivity (Wildman–Crippen MR) is 81.9 cm³/mol. The van der Waals surface area contributed by atoms with Crippen LogP contribution in [0, 0.1) is 5.92 Å². The smallest absolute Gasteiger partial charge is 0.123 e. The molecule has 0 heterocycles. The monoisotopic (exact) mass is 278 g/mol. The Balaban J connectivity index is 2.11. The third-order valence-electron chi connectivity index (χ3n) is 4.14. The topological polar surface area (TPSA) is 47.7 Å². The van der Waals surface area contributed by atoms with E-state index in [2.05, 4.69) is 11.8 Å². The van der Waals surface area contributed by atoms with E-state index in [9.17, 15) is 0 Å². The van der Waals surface area contributed by atoms with Crippen LogP contribution in [-0.2, 0) is 11.3 Å². The number of rotatable bonds is 8. The molecule has 1 unspecified atom stereocenters. The number of methoxy groups -OCH3 is 2. The van der Waals surface area contributed by atoms with Gasteiger partial charge in [0.05, 0.1) is 13.7 Å². The van der Waals surface area contributed by atoms with Crippen molar-refractivity contribution in [3.05, 3.63) is 23.8 Å². The van der Waals surface area contributed by atoms with E-state index in [-0.39, 0.29) is 0 Å². The molecule has 0 amide bonds. The molecule has 0 saturated heterocycles. The summed E-state index contributed by atoms with van der Waals surface area (Å²) in [5, 5.41) is 0. The molecule has 20 heavy (non-hydrogen) atoms. The maximum atomic E-state index is 5.91. The molecule has 0 spiro atoms. The summed E-state index contributed by atoms with van der Waals surface area (Å²) in [7, 11) is 3.46. The number of nitrogens with two attached hydrogens (primary N) is 1. The van der Waals surface area contributed by atoms with Gasteiger partial charge in [-0.05, 0) is 43.9 Å². The van der Waals surface area contributed by atoms with Crippen LogP contribution in [0.25, 0.3) is 0 Å². The Morgan fingerprint density at radius 3 is 2.70 bits per heavy atom. The molecule has 1 aliphatic rings. The van der Waals surface area contributed by atoms with Gasteiger partial charge in [-0.1, -0.05) is 0 Å². The molecule has 4 heteroatoms. The van der Waals surface area contributed by atoms with Crippen LogP contribution in [0.2, 0.25) is 0 Å². The second kappa shape index (κ2) is 6.95. The quantitative estimate of drug-likeness (QED) is 0.742. The largest absolute Gasteiger partial charge is 0.496 e. The van der Waals surface area contributed by atoms with Gasteiger partial charge < -0.3 is 15.2 Å². The first-order valence-electron chi connectivity index (χ1n) is 7.31. The number of anilines is 1. The Morgan fingerprint density at radius 1 is 1.35 bits per heavy atom. The standard InChI is InChI=1S/C16H26N2O2/c1-12(13-4-5-13)18(8-9-19-2)11-14-10-15(17)6-7-16(14)20-3/h6-7,10,12-13H,4-5,8-9,11,17H2,1-3H3. The van der Waals surface area contributed by atoms with Crippen LogP contribution in [0.5, 0.6) is 5.75 Å². The molecular formula is C16H26N2O2. The fourth-order valence-electron chi connectivity index (χ4n) is 2.65. The molecule has 4 nitrogen and oxygen atoms in total. The second-order valence-electron chi connectivity index (χ2n) is 5.61. The van der Waals surface area contributed by atoms with Gasteiger partial charge in [-0.2, -0.15) is 0 Å². The first-order valence-corrected chi connectivity index (χ1v) is 7.31. The van der Waals surface area contributed by atoms with Gasteiger partial charge in [-0.25, -0.2) is 0 Å². The van der Waals surface area contributed by atoms with Crippen molar-refractivity contribution < 1.29 is 9.47 Å². The molecule has 1 saturated carbocycles. The highest BCUT2D eigenvalue weighted by Gasteiger charge is 2.32. The van der Waals surface area contributed by atoms with Gasteiger partial charge in [-0.3, -0.25) is 4.90 Å². The van der Waals surface area contributed by atoms with Crippen LogP contribution in [0.15, 0.2) is 18.2 Å². The third kappa shape index (κ3) is 3.87. The molecule has 1 fully saturated rings. The van der Waals surface area contributed by atoms with E-state index in [1.54, 1.807) is 14.2 Å². The summed E-state index contributed by atoms with van der Waals surface area (Å²) in [5.41, 5.74) is 7.84. The van der Waals surface area contributed by atoms with Gasteiger partial charge in [0.1, 0.15) is 5.75 Å². The van der Waals surface area contributed by atoms with Crippen molar-refractivity contribution in [3.63, 3.8) is 0 Å². The van der Waals surface area contributed by atoms with Crippen LogP contribution >= 0.6 is 0 Å². The average molecular weight is 278 g/mol. The van der Waals surface area contributed by atoms with Crippen LogP contribution in [0.4, 0.5) is 5.69 Å². The molecule has 112 valence electrons. The molecule has 1 aliphatic carbocycles. The lowest BCUT2D eigenvalue weighted by Gasteiger charge is -2.29. The Labute approximate surface area is 121 Å². The maximum Gasteiger partial charge on any atom is 0.123 e. The number of hydrogen-bond donors (Lipinski definition) is 1. The van der Waals surface area contributed by atoms with Crippen molar-refractivity contribution in [2.45, 2.75) is 32.4 Å². The molecule has 1 aromatic carbocycles. The minimum absolute atomic E-state index is 0.580. The van der Waals surface area contributed by atoms with Gasteiger partial charge in [0.2, 0.25) is 0 Å². The van der Waals surface area contributed by atoms with Gasteiger partial charge >= 0.3 is 0 Å². The highest BCUT2D eigenvalue weighted by Crippen LogP contribution is 2.36. The predicted octanol–water partition coefficient (Wildman–Crippen LogP) is 2.52. The SMILES string of the molecule is COCCN(Cc1cc(N)ccc1OC)C(C)C1CC1. The van der Waals surface area contributed by atoms with Crippen molar-refractivity contribution in [1.82, 2.24) is 4.90 Å². The molecule has 0 bridgehead atoms. The number of nitrogens with zero attached hydrogens (tertiary/aromatic N) is 1. The van der Waals surface area contributed by atoms with E-state index in [4.69, 9.17) is 15.2 Å². The lowest BCUT2D eigenvalue weighted by Crippen LogP contribution is -2.36. The van der Waals surface area contributed by atoms with Gasteiger partial charge in [0.15, 0.2) is 0 Å². The zero-order valence-corrected chi connectivity index (χ0v) is 12.8. The van der Waals surface area contributed by atoms with E-state index in [0.717, 1.165) is 42.6 Å². The van der Waals surface area contributed by atoms with E-state index in [1.807, 2.05) is 18.2 Å². The molecule has 0 aliphatic heterocycles. The van der Waals surface area contributed by atoms with E-state index in [1.165, 1.54) is 12.8 Å². The van der Waals surface area contributed by atoms with Crippen molar-refractivity contribution in [3.8, 4) is 5.75 Å². The van der Waals surface area contributed by atoms with Gasteiger partial charge in [-0.15, -0.1) is 0 Å². The third-order valence-corrected chi connectivity index (χ3v) is 4.14. The molecule has 1 atom stereocenters. The van der Waals surface area contributed by atoms with Crippen LogP contribution in [0.1, 0.15) is 25.3 Å². The molecule has 0 aromatic heterocycles. The Kier molecular flexibility index (Phi) is 5.26. The summed E-state index contributed by atoms with van der Waals surface area (Å²) in [5.74, 6) is 1.74. The van der Waals surface area contributed by atoms with E-state index < -0.39 is 0 Å². The zero-order chi connectivity index (χ0) is 14.5. The molecular weight excluding hydrogens is 252 g/mol. The fourth-order valence-corrected chi connectivity index (χ4v) is 2.65. The number of benzene rings is 1. The summed E-state index contributed by atoms with van der Waals surface area (Å²) in [4.78, 5) is 2.47. The first kappa shape index (κ1) is 15.1. The first-order chi connectivity index (χ1) is 9.65. The minimum Gasteiger partial charge on any atom is -0.496 e. The highest BCUT2D eigenvalue weighted by atomic mass is 16.5. The van der Waals surface area contributed by atoms with Crippen molar-refractivity contribution in [2.24, 2.45) is 5.92 Å². The normalized spacial score (nSPS) is 16.4. The zero-order valence-electron chi connectivity index (χ0n) is 12.8.